The van der Waals surface area contributed by atoms with Gasteiger partial charge in [-0.3, -0.25) is 0 Å². The summed E-state index contributed by atoms with van der Waals surface area (Å²) in [6.45, 7) is 12.6. The molecule has 5 nitrogen and oxygen atoms in total. The van der Waals surface area contributed by atoms with Gasteiger partial charge in [-0.2, -0.15) is 0 Å². The van der Waals surface area contributed by atoms with E-state index in [1.807, 2.05) is 0 Å². The Balaban J connectivity index is 1.33. The summed E-state index contributed by atoms with van der Waals surface area (Å²) in [6, 6.07) is 8.76. The molecule has 2 bridgehead atoms. The number of fused-ring (bicyclic) bond motifs is 2. The zero-order chi connectivity index (χ0) is 19.9. The van der Waals surface area contributed by atoms with E-state index in [2.05, 4.69) is 67.5 Å². The van der Waals surface area contributed by atoms with Gasteiger partial charge >= 0.3 is 6.03 Å². The van der Waals surface area contributed by atoms with Crippen molar-refractivity contribution in [2.75, 3.05) is 31.2 Å². The van der Waals surface area contributed by atoms with Crippen LogP contribution in [-0.4, -0.2) is 38.4 Å². The molecule has 3 fully saturated rings. The number of carbonyl (C=O) groups excluding carboxylic acids is 1. The van der Waals surface area contributed by atoms with Crippen molar-refractivity contribution in [1.82, 2.24) is 10.6 Å². The van der Waals surface area contributed by atoms with Crippen molar-refractivity contribution < 1.29 is 9.53 Å². The normalized spacial score (nSPS) is 32.2. The smallest absolute Gasteiger partial charge is 0.315 e. The van der Waals surface area contributed by atoms with Crippen LogP contribution in [0.1, 0.15) is 58.6 Å². The van der Waals surface area contributed by atoms with Crippen LogP contribution in [0.25, 0.3) is 0 Å². The first-order valence-corrected chi connectivity index (χ1v) is 10.8. The Hall–Kier alpha value is -1.75. The van der Waals surface area contributed by atoms with E-state index in [4.69, 9.17) is 4.74 Å². The molecule has 4 rings (SSSR count). The number of ether oxygens (including phenoxy) is 1. The summed E-state index contributed by atoms with van der Waals surface area (Å²) in [6.07, 6.45) is 3.63. The van der Waals surface area contributed by atoms with E-state index < -0.39 is 0 Å². The van der Waals surface area contributed by atoms with Crippen LogP contribution in [-0.2, 0) is 4.74 Å². The summed E-state index contributed by atoms with van der Waals surface area (Å²) in [5.74, 6) is 0.730. The Morgan fingerprint density at radius 3 is 2.43 bits per heavy atom. The van der Waals surface area contributed by atoms with Crippen LogP contribution in [0.3, 0.4) is 0 Å². The van der Waals surface area contributed by atoms with Crippen molar-refractivity contribution >= 4 is 11.7 Å². The number of anilines is 1. The predicted octanol–water partition coefficient (Wildman–Crippen LogP) is 4.10. The molecule has 28 heavy (non-hydrogen) atoms. The molecule has 154 valence electrons. The molecule has 3 aliphatic rings. The molecule has 0 radical (unpaired) electrons. The number of morpholine rings is 1. The van der Waals surface area contributed by atoms with Gasteiger partial charge in [0.2, 0.25) is 0 Å². The SMILES string of the molecule is C[C@H](NC(=O)N[C@H]1C[C@H]2CC[C@@]1(C)C2(C)C)c1ccc(N2CCOCC2)cc1. The van der Waals surface area contributed by atoms with Gasteiger partial charge in [0.05, 0.1) is 19.3 Å². The molecule has 1 aromatic rings. The molecule has 1 aromatic carbocycles. The second kappa shape index (κ2) is 7.25. The van der Waals surface area contributed by atoms with Crippen LogP contribution in [0.15, 0.2) is 24.3 Å². The second-order valence-electron chi connectivity index (χ2n) is 9.69. The van der Waals surface area contributed by atoms with Gasteiger partial charge in [-0.15, -0.1) is 0 Å². The topological polar surface area (TPSA) is 53.6 Å². The number of carbonyl (C=O) groups is 1. The quantitative estimate of drug-likeness (QED) is 0.820. The first-order chi connectivity index (χ1) is 13.3. The Morgan fingerprint density at radius 1 is 1.18 bits per heavy atom. The minimum Gasteiger partial charge on any atom is -0.378 e. The lowest BCUT2D eigenvalue weighted by molar-refractivity contribution is 0.122. The molecule has 1 aliphatic heterocycles. The summed E-state index contributed by atoms with van der Waals surface area (Å²) in [5, 5.41) is 6.44. The van der Waals surface area contributed by atoms with Crippen molar-refractivity contribution in [2.45, 2.75) is 59.0 Å². The molecule has 5 heteroatoms. The summed E-state index contributed by atoms with van der Waals surface area (Å²) >= 11 is 0. The van der Waals surface area contributed by atoms with Gasteiger partial charge in [0.1, 0.15) is 0 Å². The molecule has 2 saturated carbocycles. The highest BCUT2D eigenvalue weighted by molar-refractivity contribution is 5.75. The third-order valence-corrected chi connectivity index (χ3v) is 8.22. The fraction of sp³-hybridized carbons (Fsp3) is 0.696. The molecule has 0 spiro atoms. The van der Waals surface area contributed by atoms with Crippen molar-refractivity contribution in [2.24, 2.45) is 16.7 Å². The highest BCUT2D eigenvalue weighted by Gasteiger charge is 2.61. The number of nitrogens with zero attached hydrogens (tertiary/aromatic N) is 1. The number of nitrogens with one attached hydrogen (secondary N) is 2. The van der Waals surface area contributed by atoms with Gasteiger partial charge in [0.15, 0.2) is 0 Å². The lowest BCUT2D eigenvalue weighted by Crippen LogP contribution is -2.50. The van der Waals surface area contributed by atoms with Crippen LogP contribution in [0, 0.1) is 16.7 Å². The summed E-state index contributed by atoms with van der Waals surface area (Å²) < 4.78 is 5.42. The molecule has 2 N–H and O–H groups in total. The van der Waals surface area contributed by atoms with E-state index in [-0.39, 0.29) is 23.5 Å². The molecule has 0 aromatic heterocycles. The van der Waals surface area contributed by atoms with Crippen LogP contribution < -0.4 is 15.5 Å². The van der Waals surface area contributed by atoms with E-state index in [9.17, 15) is 4.79 Å². The average Bonchev–Trinajstić information content (AvgIpc) is 3.02. The maximum atomic E-state index is 12.7. The van der Waals surface area contributed by atoms with Gasteiger partial charge < -0.3 is 20.3 Å². The molecular weight excluding hydrogens is 350 g/mol. The third kappa shape index (κ3) is 3.28. The largest absolute Gasteiger partial charge is 0.378 e. The maximum Gasteiger partial charge on any atom is 0.315 e. The number of urea groups is 1. The highest BCUT2D eigenvalue weighted by Crippen LogP contribution is 2.65. The standard InChI is InChI=1S/C23H35N3O2/c1-16(17-5-7-19(8-6-17)26-11-13-28-14-12-26)24-21(27)25-20-15-18-9-10-23(20,4)22(18,2)3/h5-8,16,18,20H,9-15H2,1-4H3,(H2,24,25,27)/t16-,18+,20-,23+/m0/s1. The van der Waals surface area contributed by atoms with Gasteiger partial charge in [0.25, 0.3) is 0 Å². The number of amides is 2. The molecule has 2 amide bonds. The minimum atomic E-state index is -0.0423. The Labute approximate surface area is 169 Å². The van der Waals surface area contributed by atoms with Crippen molar-refractivity contribution in [3.63, 3.8) is 0 Å². The minimum absolute atomic E-state index is 0.0156. The lowest BCUT2D eigenvalue weighted by atomic mass is 9.69. The highest BCUT2D eigenvalue weighted by atomic mass is 16.5. The number of rotatable bonds is 4. The molecular formula is C23H35N3O2. The average molecular weight is 386 g/mol. The lowest BCUT2D eigenvalue weighted by Gasteiger charge is -2.39. The van der Waals surface area contributed by atoms with E-state index >= 15 is 0 Å². The van der Waals surface area contributed by atoms with Crippen LogP contribution in [0.2, 0.25) is 0 Å². The number of hydrogen-bond acceptors (Lipinski definition) is 3. The number of benzene rings is 1. The summed E-state index contributed by atoms with van der Waals surface area (Å²) in [7, 11) is 0. The van der Waals surface area contributed by atoms with E-state index in [1.165, 1.54) is 18.5 Å². The molecule has 1 saturated heterocycles. The Bertz CT molecular complexity index is 711. The molecule has 2 aliphatic carbocycles. The third-order valence-electron chi connectivity index (χ3n) is 8.22. The fourth-order valence-electron chi connectivity index (χ4n) is 5.70. The van der Waals surface area contributed by atoms with Crippen LogP contribution in [0.5, 0.6) is 0 Å². The monoisotopic (exact) mass is 385 g/mol. The van der Waals surface area contributed by atoms with Crippen molar-refractivity contribution in [1.29, 1.82) is 0 Å². The van der Waals surface area contributed by atoms with Gasteiger partial charge in [0, 0.05) is 24.8 Å². The molecule has 1 heterocycles. The van der Waals surface area contributed by atoms with Crippen LogP contribution >= 0.6 is 0 Å². The first-order valence-electron chi connectivity index (χ1n) is 10.8. The number of hydrogen-bond donors (Lipinski definition) is 2. The van der Waals surface area contributed by atoms with Crippen molar-refractivity contribution in [3.8, 4) is 0 Å². The Kier molecular flexibility index (Phi) is 5.07. The molecule has 0 unspecified atom stereocenters. The zero-order valence-electron chi connectivity index (χ0n) is 17.8. The van der Waals surface area contributed by atoms with E-state index in [0.29, 0.717) is 5.41 Å². The fourth-order valence-corrected chi connectivity index (χ4v) is 5.70. The second-order valence-corrected chi connectivity index (χ2v) is 9.69. The first kappa shape index (κ1) is 19.6. The molecule has 4 atom stereocenters. The van der Waals surface area contributed by atoms with Gasteiger partial charge in [-0.1, -0.05) is 32.9 Å². The Morgan fingerprint density at radius 2 is 1.86 bits per heavy atom. The van der Waals surface area contributed by atoms with Gasteiger partial charge in [-0.05, 0) is 60.6 Å². The van der Waals surface area contributed by atoms with E-state index in [1.54, 1.807) is 0 Å². The van der Waals surface area contributed by atoms with Gasteiger partial charge in [-0.25, -0.2) is 4.79 Å². The predicted molar refractivity (Wildman–Crippen MR) is 113 cm³/mol. The van der Waals surface area contributed by atoms with Crippen molar-refractivity contribution in [3.05, 3.63) is 29.8 Å². The maximum absolute atomic E-state index is 12.7. The summed E-state index contributed by atoms with van der Waals surface area (Å²) in [5.41, 5.74) is 2.87. The summed E-state index contributed by atoms with van der Waals surface area (Å²) in [4.78, 5) is 15.0. The van der Waals surface area contributed by atoms with E-state index in [0.717, 1.165) is 44.2 Å². The van der Waals surface area contributed by atoms with Crippen LogP contribution in [0.4, 0.5) is 10.5 Å². The zero-order valence-corrected chi connectivity index (χ0v) is 17.8.